The Bertz CT molecular complexity index is 580. The molecular weight excluding hydrogens is 298 g/mol. The number of aromatic nitrogens is 2. The van der Waals surface area contributed by atoms with Gasteiger partial charge in [0.25, 0.3) is 0 Å². The summed E-state index contributed by atoms with van der Waals surface area (Å²) >= 11 is 0. The number of ether oxygens (including phenoxy) is 1. The number of carbonyl (C=O) groups excluding carboxylic acids is 1. The van der Waals surface area contributed by atoms with Gasteiger partial charge in [0.2, 0.25) is 0 Å². The maximum Gasteiger partial charge on any atom is 0.359 e. The van der Waals surface area contributed by atoms with Crippen molar-refractivity contribution in [3.05, 3.63) is 17.5 Å². The Morgan fingerprint density at radius 3 is 2.74 bits per heavy atom. The van der Waals surface area contributed by atoms with E-state index in [0.717, 1.165) is 24.8 Å². The van der Waals surface area contributed by atoms with Gasteiger partial charge >= 0.3 is 11.9 Å². The van der Waals surface area contributed by atoms with E-state index in [1.165, 1.54) is 0 Å². The zero-order valence-corrected chi connectivity index (χ0v) is 14.0. The molecule has 0 saturated heterocycles. The third-order valence-electron chi connectivity index (χ3n) is 4.58. The minimum absolute atomic E-state index is 0.0622. The summed E-state index contributed by atoms with van der Waals surface area (Å²) in [6, 6.07) is 0. The molecule has 0 radical (unpaired) electrons. The monoisotopic (exact) mass is 323 g/mol. The van der Waals surface area contributed by atoms with Gasteiger partial charge < -0.3 is 15.2 Å². The van der Waals surface area contributed by atoms with Crippen LogP contribution in [0.1, 0.15) is 55.6 Å². The molecule has 0 amide bonds. The summed E-state index contributed by atoms with van der Waals surface area (Å²) < 4.78 is 6.59. The lowest BCUT2D eigenvalue weighted by atomic mass is 9.70. The van der Waals surface area contributed by atoms with Crippen molar-refractivity contribution in [2.24, 2.45) is 13.0 Å². The summed E-state index contributed by atoms with van der Waals surface area (Å²) in [6.45, 7) is 4.38. The van der Waals surface area contributed by atoms with Crippen LogP contribution in [0.5, 0.6) is 0 Å². The first-order valence-corrected chi connectivity index (χ1v) is 8.02. The number of nitrogens with one attached hydrogen (secondary N) is 1. The largest absolute Gasteiger partial charge is 0.481 e. The SMILES string of the molecule is CCOC(=O)c1nn(C)cc1CNC(C)(CC(=O)O)C1CCC1. The molecule has 1 saturated carbocycles. The third kappa shape index (κ3) is 4.10. The molecule has 0 aromatic carbocycles. The molecule has 2 rings (SSSR count). The van der Waals surface area contributed by atoms with Gasteiger partial charge in [-0.25, -0.2) is 4.79 Å². The first-order chi connectivity index (χ1) is 10.9. The summed E-state index contributed by atoms with van der Waals surface area (Å²) in [5, 5.41) is 16.7. The first kappa shape index (κ1) is 17.5. The molecule has 7 nitrogen and oxygen atoms in total. The van der Waals surface area contributed by atoms with Crippen molar-refractivity contribution < 1.29 is 19.4 Å². The van der Waals surface area contributed by atoms with E-state index in [-0.39, 0.29) is 12.1 Å². The van der Waals surface area contributed by atoms with Crippen molar-refractivity contribution in [1.82, 2.24) is 15.1 Å². The van der Waals surface area contributed by atoms with Gasteiger partial charge in [0.05, 0.1) is 13.0 Å². The average Bonchev–Trinajstić information content (AvgIpc) is 2.75. The van der Waals surface area contributed by atoms with Crippen molar-refractivity contribution in [2.75, 3.05) is 6.61 Å². The fourth-order valence-corrected chi connectivity index (χ4v) is 3.05. The number of hydrogen-bond donors (Lipinski definition) is 2. The molecule has 0 spiro atoms. The van der Waals surface area contributed by atoms with E-state index < -0.39 is 17.5 Å². The summed E-state index contributed by atoms with van der Waals surface area (Å²) in [6.07, 6.45) is 5.04. The van der Waals surface area contributed by atoms with Gasteiger partial charge in [-0.2, -0.15) is 5.10 Å². The smallest absolute Gasteiger partial charge is 0.359 e. The number of esters is 1. The standard InChI is InChI=1S/C16H25N3O4/c1-4-23-15(22)14-11(10-19(3)18-14)9-17-16(2,8-13(20)21)12-6-5-7-12/h10,12,17H,4-9H2,1-3H3,(H,20,21). The molecule has 1 fully saturated rings. The molecule has 1 atom stereocenters. The zero-order valence-electron chi connectivity index (χ0n) is 14.0. The number of rotatable bonds is 8. The molecule has 0 bridgehead atoms. The fraction of sp³-hybridized carbons (Fsp3) is 0.688. The molecule has 1 unspecified atom stereocenters. The summed E-state index contributed by atoms with van der Waals surface area (Å²) in [7, 11) is 1.74. The molecular formula is C16H25N3O4. The molecule has 1 heterocycles. The maximum absolute atomic E-state index is 12.0. The lowest BCUT2D eigenvalue weighted by Crippen LogP contribution is -2.52. The lowest BCUT2D eigenvalue weighted by molar-refractivity contribution is -0.139. The number of carboxylic acids is 1. The Balaban J connectivity index is 2.11. The zero-order chi connectivity index (χ0) is 17.0. The Kier molecular flexibility index (Phi) is 5.41. The summed E-state index contributed by atoms with van der Waals surface area (Å²) in [4.78, 5) is 23.2. The molecule has 1 aliphatic rings. The van der Waals surface area contributed by atoms with Gasteiger partial charge in [0, 0.05) is 30.9 Å². The van der Waals surface area contributed by atoms with E-state index in [9.17, 15) is 14.7 Å². The normalized spacial score (nSPS) is 17.3. The van der Waals surface area contributed by atoms with E-state index >= 15 is 0 Å². The third-order valence-corrected chi connectivity index (χ3v) is 4.58. The quantitative estimate of drug-likeness (QED) is 0.708. The lowest BCUT2D eigenvalue weighted by Gasteiger charge is -2.43. The van der Waals surface area contributed by atoms with Crippen LogP contribution in [0.2, 0.25) is 0 Å². The topological polar surface area (TPSA) is 93.5 Å². The number of aryl methyl sites for hydroxylation is 1. The molecule has 128 valence electrons. The molecule has 2 N–H and O–H groups in total. The Labute approximate surface area is 136 Å². The van der Waals surface area contributed by atoms with Gasteiger partial charge in [0.15, 0.2) is 5.69 Å². The maximum atomic E-state index is 12.0. The van der Waals surface area contributed by atoms with Crippen LogP contribution in [0.3, 0.4) is 0 Å². The van der Waals surface area contributed by atoms with E-state index in [1.807, 2.05) is 6.92 Å². The molecule has 23 heavy (non-hydrogen) atoms. The van der Waals surface area contributed by atoms with E-state index in [4.69, 9.17) is 4.74 Å². The van der Waals surface area contributed by atoms with Crippen LogP contribution < -0.4 is 5.32 Å². The first-order valence-electron chi connectivity index (χ1n) is 8.02. The van der Waals surface area contributed by atoms with Gasteiger partial charge in [-0.3, -0.25) is 9.48 Å². The van der Waals surface area contributed by atoms with Crippen LogP contribution in [-0.2, 0) is 23.1 Å². The van der Waals surface area contributed by atoms with E-state index in [0.29, 0.717) is 19.1 Å². The van der Waals surface area contributed by atoms with Crippen LogP contribution in [-0.4, -0.2) is 39.0 Å². The highest BCUT2D eigenvalue weighted by Crippen LogP contribution is 2.38. The number of carboxylic acid groups (broad SMARTS) is 1. The highest BCUT2D eigenvalue weighted by molar-refractivity contribution is 5.88. The van der Waals surface area contributed by atoms with Crippen molar-refractivity contribution in [1.29, 1.82) is 0 Å². The van der Waals surface area contributed by atoms with Crippen molar-refractivity contribution in [2.45, 2.75) is 51.6 Å². The van der Waals surface area contributed by atoms with E-state index in [2.05, 4.69) is 10.4 Å². The van der Waals surface area contributed by atoms with Crippen LogP contribution in [0.25, 0.3) is 0 Å². The predicted octanol–water partition coefficient (Wildman–Crippen LogP) is 1.72. The predicted molar refractivity (Wildman–Crippen MR) is 84.0 cm³/mol. The summed E-state index contributed by atoms with van der Waals surface area (Å²) in [5.41, 5.74) is 0.529. The Morgan fingerprint density at radius 1 is 1.52 bits per heavy atom. The van der Waals surface area contributed by atoms with Crippen molar-refractivity contribution >= 4 is 11.9 Å². The Hall–Kier alpha value is -1.89. The number of hydrogen-bond acceptors (Lipinski definition) is 5. The molecule has 1 aromatic rings. The van der Waals surface area contributed by atoms with Crippen LogP contribution >= 0.6 is 0 Å². The van der Waals surface area contributed by atoms with Crippen molar-refractivity contribution in [3.8, 4) is 0 Å². The second-order valence-electron chi connectivity index (χ2n) is 6.37. The molecule has 7 heteroatoms. The molecule has 1 aromatic heterocycles. The van der Waals surface area contributed by atoms with Gasteiger partial charge in [-0.05, 0) is 32.6 Å². The Morgan fingerprint density at radius 2 is 2.22 bits per heavy atom. The number of aliphatic carboxylic acids is 1. The van der Waals surface area contributed by atoms with Gasteiger partial charge in [-0.15, -0.1) is 0 Å². The van der Waals surface area contributed by atoms with Crippen LogP contribution in [0, 0.1) is 5.92 Å². The van der Waals surface area contributed by atoms with Crippen LogP contribution in [0.15, 0.2) is 6.20 Å². The second kappa shape index (κ2) is 7.12. The van der Waals surface area contributed by atoms with Crippen molar-refractivity contribution in [3.63, 3.8) is 0 Å². The van der Waals surface area contributed by atoms with Crippen LogP contribution in [0.4, 0.5) is 0 Å². The molecule has 1 aliphatic carbocycles. The molecule has 0 aliphatic heterocycles. The number of nitrogens with zero attached hydrogens (tertiary/aromatic N) is 2. The van der Waals surface area contributed by atoms with Gasteiger partial charge in [0.1, 0.15) is 0 Å². The minimum atomic E-state index is -0.816. The summed E-state index contributed by atoms with van der Waals surface area (Å²) in [5.74, 6) is -0.918. The van der Waals surface area contributed by atoms with E-state index in [1.54, 1.807) is 24.9 Å². The number of carbonyl (C=O) groups is 2. The fourth-order valence-electron chi connectivity index (χ4n) is 3.05. The highest BCUT2D eigenvalue weighted by Gasteiger charge is 2.39. The second-order valence-corrected chi connectivity index (χ2v) is 6.37. The minimum Gasteiger partial charge on any atom is -0.481 e. The van der Waals surface area contributed by atoms with Gasteiger partial charge in [-0.1, -0.05) is 6.42 Å². The average molecular weight is 323 g/mol. The highest BCUT2D eigenvalue weighted by atomic mass is 16.5.